The summed E-state index contributed by atoms with van der Waals surface area (Å²) in [5.41, 5.74) is 0.339. The smallest absolute Gasteiger partial charge is 0.0830 e. The van der Waals surface area contributed by atoms with Gasteiger partial charge in [0.2, 0.25) is 0 Å². The molecule has 0 N–H and O–H groups in total. The van der Waals surface area contributed by atoms with Gasteiger partial charge in [0.1, 0.15) is 0 Å². The van der Waals surface area contributed by atoms with Crippen LogP contribution in [0.15, 0.2) is 0 Å². The molecule has 1 atom stereocenters. The minimum absolute atomic E-state index is 0.339. The van der Waals surface area contributed by atoms with E-state index in [2.05, 4.69) is 29.8 Å². The molecule has 1 unspecified atom stereocenters. The Labute approximate surface area is 108 Å². The fourth-order valence-corrected chi connectivity index (χ4v) is 3.16. The summed E-state index contributed by atoms with van der Waals surface area (Å²) in [5.74, 6) is 0. The summed E-state index contributed by atoms with van der Waals surface area (Å²) in [6.45, 7) is 7.05. The molecule has 1 fully saturated rings. The Morgan fingerprint density at radius 1 is 1.31 bits per heavy atom. The molecule has 1 aliphatic rings. The van der Waals surface area contributed by atoms with Crippen molar-refractivity contribution in [3.05, 3.63) is 0 Å². The van der Waals surface area contributed by atoms with Crippen LogP contribution in [0.1, 0.15) is 46.0 Å². The van der Waals surface area contributed by atoms with Crippen LogP contribution in [0.25, 0.3) is 0 Å². The van der Waals surface area contributed by atoms with Crippen molar-refractivity contribution in [3.8, 4) is 0 Å². The standard InChI is InChI=1S/C13H25BrO2/c1-3-6-13(10-14,7-4-2)11-16-12-5-8-15-9-12/h12H,3-11H2,1-2H3. The van der Waals surface area contributed by atoms with Crippen molar-refractivity contribution in [2.75, 3.05) is 25.2 Å². The van der Waals surface area contributed by atoms with Crippen LogP contribution in [0.5, 0.6) is 0 Å². The molecule has 0 amide bonds. The average molecular weight is 293 g/mol. The van der Waals surface area contributed by atoms with Crippen LogP contribution in [0, 0.1) is 5.41 Å². The van der Waals surface area contributed by atoms with Crippen LogP contribution in [0.2, 0.25) is 0 Å². The van der Waals surface area contributed by atoms with Crippen LogP contribution < -0.4 is 0 Å². The minimum Gasteiger partial charge on any atom is -0.379 e. The highest BCUT2D eigenvalue weighted by molar-refractivity contribution is 9.09. The van der Waals surface area contributed by atoms with Gasteiger partial charge in [-0.25, -0.2) is 0 Å². The van der Waals surface area contributed by atoms with E-state index in [4.69, 9.17) is 9.47 Å². The van der Waals surface area contributed by atoms with E-state index >= 15 is 0 Å². The quantitative estimate of drug-likeness (QED) is 0.634. The van der Waals surface area contributed by atoms with E-state index in [0.29, 0.717) is 11.5 Å². The van der Waals surface area contributed by atoms with Crippen molar-refractivity contribution in [2.24, 2.45) is 5.41 Å². The molecule has 0 aromatic carbocycles. The number of halogens is 1. The Morgan fingerprint density at radius 2 is 2.00 bits per heavy atom. The maximum atomic E-state index is 6.01. The van der Waals surface area contributed by atoms with E-state index in [1.807, 2.05) is 0 Å². The molecule has 0 aromatic rings. The lowest BCUT2D eigenvalue weighted by Crippen LogP contribution is -2.31. The van der Waals surface area contributed by atoms with E-state index < -0.39 is 0 Å². The minimum atomic E-state index is 0.339. The van der Waals surface area contributed by atoms with Gasteiger partial charge in [-0.05, 0) is 19.3 Å². The molecule has 16 heavy (non-hydrogen) atoms. The van der Waals surface area contributed by atoms with Gasteiger partial charge in [-0.15, -0.1) is 0 Å². The van der Waals surface area contributed by atoms with E-state index in [1.54, 1.807) is 0 Å². The van der Waals surface area contributed by atoms with Crippen LogP contribution in [-0.4, -0.2) is 31.3 Å². The van der Waals surface area contributed by atoms with Crippen LogP contribution in [0.3, 0.4) is 0 Å². The first-order valence-corrected chi connectivity index (χ1v) is 7.64. The van der Waals surface area contributed by atoms with Crippen molar-refractivity contribution < 1.29 is 9.47 Å². The van der Waals surface area contributed by atoms with Gasteiger partial charge in [-0.2, -0.15) is 0 Å². The molecule has 96 valence electrons. The highest BCUT2D eigenvalue weighted by Crippen LogP contribution is 2.33. The maximum absolute atomic E-state index is 6.01. The molecule has 1 rings (SSSR count). The highest BCUT2D eigenvalue weighted by Gasteiger charge is 2.29. The lowest BCUT2D eigenvalue weighted by Gasteiger charge is -2.32. The van der Waals surface area contributed by atoms with Crippen molar-refractivity contribution in [1.29, 1.82) is 0 Å². The summed E-state index contributed by atoms with van der Waals surface area (Å²) in [4.78, 5) is 0. The van der Waals surface area contributed by atoms with Crippen LogP contribution >= 0.6 is 15.9 Å². The second-order valence-electron chi connectivity index (χ2n) is 4.93. The first kappa shape index (κ1) is 14.5. The zero-order valence-electron chi connectivity index (χ0n) is 10.6. The highest BCUT2D eigenvalue weighted by atomic mass is 79.9. The third-order valence-electron chi connectivity index (χ3n) is 3.36. The zero-order valence-corrected chi connectivity index (χ0v) is 12.2. The van der Waals surface area contributed by atoms with Crippen LogP contribution in [0.4, 0.5) is 0 Å². The van der Waals surface area contributed by atoms with Crippen molar-refractivity contribution in [1.82, 2.24) is 0 Å². The molecule has 0 radical (unpaired) electrons. The van der Waals surface area contributed by atoms with E-state index in [1.165, 1.54) is 25.7 Å². The second-order valence-corrected chi connectivity index (χ2v) is 5.49. The third kappa shape index (κ3) is 4.34. The molecule has 0 aliphatic carbocycles. The molecule has 1 aliphatic heterocycles. The second kappa shape index (κ2) is 7.67. The first-order chi connectivity index (χ1) is 7.76. The summed E-state index contributed by atoms with van der Waals surface area (Å²) >= 11 is 3.67. The van der Waals surface area contributed by atoms with Gasteiger partial charge in [0, 0.05) is 17.4 Å². The predicted octanol–water partition coefficient (Wildman–Crippen LogP) is 3.77. The maximum Gasteiger partial charge on any atom is 0.0830 e. The normalized spacial score (nSPS) is 21.6. The molecule has 0 spiro atoms. The molecule has 0 saturated carbocycles. The largest absolute Gasteiger partial charge is 0.379 e. The number of alkyl halides is 1. The van der Waals surface area contributed by atoms with Crippen LogP contribution in [-0.2, 0) is 9.47 Å². The Hall–Kier alpha value is 0.400. The van der Waals surface area contributed by atoms with Gasteiger partial charge >= 0.3 is 0 Å². The number of hydrogen-bond donors (Lipinski definition) is 0. The summed E-state index contributed by atoms with van der Waals surface area (Å²) in [5, 5.41) is 1.05. The molecule has 0 aromatic heterocycles. The third-order valence-corrected chi connectivity index (χ3v) is 4.55. The van der Waals surface area contributed by atoms with E-state index in [-0.39, 0.29) is 0 Å². The Morgan fingerprint density at radius 3 is 2.44 bits per heavy atom. The van der Waals surface area contributed by atoms with E-state index in [9.17, 15) is 0 Å². The fraction of sp³-hybridized carbons (Fsp3) is 1.00. The summed E-state index contributed by atoms with van der Waals surface area (Å²) in [6.07, 6.45) is 6.37. The van der Waals surface area contributed by atoms with Gasteiger partial charge in [0.05, 0.1) is 19.3 Å². The lowest BCUT2D eigenvalue weighted by atomic mass is 9.82. The molecular formula is C13H25BrO2. The van der Waals surface area contributed by atoms with Gasteiger partial charge in [0.25, 0.3) is 0 Å². The summed E-state index contributed by atoms with van der Waals surface area (Å²) in [6, 6.07) is 0. The molecule has 3 heteroatoms. The topological polar surface area (TPSA) is 18.5 Å². The van der Waals surface area contributed by atoms with Gasteiger partial charge in [0.15, 0.2) is 0 Å². The van der Waals surface area contributed by atoms with Gasteiger partial charge < -0.3 is 9.47 Å². The Bertz CT molecular complexity index is 173. The molecular weight excluding hydrogens is 268 g/mol. The van der Waals surface area contributed by atoms with Crippen molar-refractivity contribution in [3.63, 3.8) is 0 Å². The lowest BCUT2D eigenvalue weighted by molar-refractivity contribution is -0.0115. The van der Waals surface area contributed by atoms with Gasteiger partial charge in [-0.3, -0.25) is 0 Å². The molecule has 2 nitrogen and oxygen atoms in total. The Balaban J connectivity index is 2.40. The summed E-state index contributed by atoms with van der Waals surface area (Å²) in [7, 11) is 0. The first-order valence-electron chi connectivity index (χ1n) is 6.51. The predicted molar refractivity (Wildman–Crippen MR) is 71.2 cm³/mol. The van der Waals surface area contributed by atoms with Crippen molar-refractivity contribution in [2.45, 2.75) is 52.1 Å². The monoisotopic (exact) mass is 292 g/mol. The number of rotatable bonds is 8. The molecule has 0 bridgehead atoms. The molecule has 1 heterocycles. The average Bonchev–Trinajstić information content (AvgIpc) is 2.79. The number of hydrogen-bond acceptors (Lipinski definition) is 2. The number of ether oxygens (including phenoxy) is 2. The Kier molecular flexibility index (Phi) is 6.94. The zero-order chi connectivity index (χ0) is 11.9. The SMILES string of the molecule is CCCC(CBr)(CCC)COC1CCOC1. The summed E-state index contributed by atoms with van der Waals surface area (Å²) < 4.78 is 11.3. The van der Waals surface area contributed by atoms with Gasteiger partial charge in [-0.1, -0.05) is 42.6 Å². The van der Waals surface area contributed by atoms with E-state index in [0.717, 1.165) is 31.6 Å². The fourth-order valence-electron chi connectivity index (χ4n) is 2.44. The van der Waals surface area contributed by atoms with Crippen molar-refractivity contribution >= 4 is 15.9 Å². The molecule has 1 saturated heterocycles.